The van der Waals surface area contributed by atoms with Crippen molar-refractivity contribution in [1.82, 2.24) is 10.3 Å². The summed E-state index contributed by atoms with van der Waals surface area (Å²) < 4.78 is 6.00. The van der Waals surface area contributed by atoms with Crippen LogP contribution in [0, 0.1) is 16.0 Å². The van der Waals surface area contributed by atoms with Gasteiger partial charge in [-0.2, -0.15) is 0 Å². The molecular weight excluding hydrogens is 394 g/mol. The third-order valence-electron chi connectivity index (χ3n) is 5.71. The lowest BCUT2D eigenvalue weighted by Gasteiger charge is -2.34. The van der Waals surface area contributed by atoms with E-state index in [2.05, 4.69) is 16.9 Å². The molecule has 2 aromatic carbocycles. The van der Waals surface area contributed by atoms with Crippen LogP contribution in [0.3, 0.4) is 0 Å². The third kappa shape index (κ3) is 4.46. The Kier molecular flexibility index (Phi) is 6.04. The molecular formula is C24H23N3O4. The molecule has 3 aromatic rings. The number of carbonyl (C=O) groups is 1. The predicted octanol–water partition coefficient (Wildman–Crippen LogP) is 4.60. The number of non-ortho nitro benzene ring substituents is 1. The monoisotopic (exact) mass is 417 g/mol. The number of para-hydroxylation sites is 1. The van der Waals surface area contributed by atoms with Crippen LogP contribution in [0.25, 0.3) is 10.9 Å². The molecule has 0 saturated carbocycles. The van der Waals surface area contributed by atoms with Crippen molar-refractivity contribution < 1.29 is 14.5 Å². The molecule has 0 aliphatic carbocycles. The molecule has 158 valence electrons. The summed E-state index contributed by atoms with van der Waals surface area (Å²) in [4.78, 5) is 28.0. The Morgan fingerprint density at radius 2 is 2.06 bits per heavy atom. The Morgan fingerprint density at radius 1 is 1.23 bits per heavy atom. The van der Waals surface area contributed by atoms with Gasteiger partial charge in [0.15, 0.2) is 0 Å². The van der Waals surface area contributed by atoms with Crippen LogP contribution in [0.4, 0.5) is 5.69 Å². The number of fused-ring (bicyclic) bond motifs is 1. The lowest BCUT2D eigenvalue weighted by Crippen LogP contribution is -2.43. The molecule has 0 bridgehead atoms. The van der Waals surface area contributed by atoms with Crippen LogP contribution in [0.15, 0.2) is 73.4 Å². The second-order valence-electron chi connectivity index (χ2n) is 7.64. The molecule has 1 aliphatic rings. The Hall–Kier alpha value is -3.58. The highest BCUT2D eigenvalue weighted by atomic mass is 16.6. The summed E-state index contributed by atoms with van der Waals surface area (Å²) in [5, 5.41) is 15.5. The standard InChI is InChI=1S/C24H23N3O4/c1-2-16-10-11-22(26-15-16)23(20-12-13-25-21-9-4-3-8-19(20)21)31-24(28)17-6-5-7-18(14-17)27(29)30/h2-9,12-14,16,22-23,26H,1,10-11,15H2. The van der Waals surface area contributed by atoms with E-state index in [1.54, 1.807) is 6.20 Å². The number of nitrogens with zero attached hydrogens (tertiary/aromatic N) is 2. The average Bonchev–Trinajstić information content (AvgIpc) is 2.82. The normalized spacial score (nSPS) is 19.5. The number of hydrogen-bond donors (Lipinski definition) is 1. The van der Waals surface area contributed by atoms with Crippen LogP contribution in [0.5, 0.6) is 0 Å². The number of nitrogens with one attached hydrogen (secondary N) is 1. The minimum atomic E-state index is -0.595. The maximum Gasteiger partial charge on any atom is 0.339 e. The van der Waals surface area contributed by atoms with Crippen molar-refractivity contribution in [3.63, 3.8) is 0 Å². The highest BCUT2D eigenvalue weighted by Crippen LogP contribution is 2.33. The van der Waals surface area contributed by atoms with Gasteiger partial charge >= 0.3 is 5.97 Å². The van der Waals surface area contributed by atoms with E-state index in [0.29, 0.717) is 5.92 Å². The quantitative estimate of drug-likeness (QED) is 0.273. The lowest BCUT2D eigenvalue weighted by molar-refractivity contribution is -0.384. The molecule has 0 radical (unpaired) electrons. The average molecular weight is 417 g/mol. The highest BCUT2D eigenvalue weighted by molar-refractivity contribution is 5.91. The summed E-state index contributed by atoms with van der Waals surface area (Å²) in [6, 6.07) is 15.1. The number of carbonyl (C=O) groups excluding carboxylic acids is 1. The number of esters is 1. The minimum Gasteiger partial charge on any atom is -0.452 e. The lowest BCUT2D eigenvalue weighted by atomic mass is 9.88. The Bertz CT molecular complexity index is 1120. The van der Waals surface area contributed by atoms with Gasteiger partial charge in [-0.05, 0) is 37.0 Å². The molecule has 1 saturated heterocycles. The molecule has 3 unspecified atom stereocenters. The predicted molar refractivity (Wildman–Crippen MR) is 118 cm³/mol. The molecule has 3 atom stereocenters. The summed E-state index contributed by atoms with van der Waals surface area (Å²) in [6.07, 6.45) is 4.83. The first-order valence-electron chi connectivity index (χ1n) is 10.2. The van der Waals surface area contributed by atoms with E-state index in [1.165, 1.54) is 24.3 Å². The molecule has 0 spiro atoms. The van der Waals surface area contributed by atoms with E-state index in [4.69, 9.17) is 4.74 Å². The van der Waals surface area contributed by atoms with Crippen molar-refractivity contribution in [3.8, 4) is 0 Å². The molecule has 1 N–H and O–H groups in total. The smallest absolute Gasteiger partial charge is 0.339 e. The van der Waals surface area contributed by atoms with E-state index in [-0.39, 0.29) is 17.3 Å². The van der Waals surface area contributed by atoms with Crippen molar-refractivity contribution in [1.29, 1.82) is 0 Å². The van der Waals surface area contributed by atoms with Crippen molar-refractivity contribution in [2.45, 2.75) is 25.0 Å². The van der Waals surface area contributed by atoms with Crippen LogP contribution in [-0.2, 0) is 4.74 Å². The van der Waals surface area contributed by atoms with Gasteiger partial charge in [-0.1, -0.05) is 30.3 Å². The summed E-state index contributed by atoms with van der Waals surface area (Å²) in [6.45, 7) is 4.63. The van der Waals surface area contributed by atoms with Gasteiger partial charge in [0.1, 0.15) is 6.10 Å². The van der Waals surface area contributed by atoms with E-state index in [9.17, 15) is 14.9 Å². The van der Waals surface area contributed by atoms with Crippen LogP contribution in [0.1, 0.15) is 34.9 Å². The van der Waals surface area contributed by atoms with Crippen LogP contribution in [-0.4, -0.2) is 28.5 Å². The zero-order chi connectivity index (χ0) is 21.8. The minimum absolute atomic E-state index is 0.0929. The van der Waals surface area contributed by atoms with Gasteiger partial charge in [-0.25, -0.2) is 4.79 Å². The van der Waals surface area contributed by atoms with Crippen molar-refractivity contribution in [2.75, 3.05) is 6.54 Å². The van der Waals surface area contributed by atoms with Crippen molar-refractivity contribution in [2.24, 2.45) is 5.92 Å². The van der Waals surface area contributed by atoms with Gasteiger partial charge in [0.05, 0.1) is 16.0 Å². The largest absolute Gasteiger partial charge is 0.452 e. The maximum absolute atomic E-state index is 13.0. The number of benzene rings is 2. The number of rotatable bonds is 6. The molecule has 1 aliphatic heterocycles. The first-order chi connectivity index (χ1) is 15.1. The van der Waals surface area contributed by atoms with Gasteiger partial charge in [-0.3, -0.25) is 15.1 Å². The van der Waals surface area contributed by atoms with Crippen LogP contribution >= 0.6 is 0 Å². The van der Waals surface area contributed by atoms with E-state index < -0.39 is 17.0 Å². The number of aromatic nitrogens is 1. The number of ether oxygens (including phenoxy) is 1. The Labute approximate surface area is 179 Å². The fraction of sp³-hybridized carbons (Fsp3) is 0.250. The number of nitro groups is 1. The van der Waals surface area contributed by atoms with E-state index >= 15 is 0 Å². The zero-order valence-electron chi connectivity index (χ0n) is 16.9. The number of pyridine rings is 1. The Morgan fingerprint density at radius 3 is 2.81 bits per heavy atom. The van der Waals surface area contributed by atoms with Crippen LogP contribution < -0.4 is 5.32 Å². The summed E-state index contributed by atoms with van der Waals surface area (Å²) in [5.74, 6) is -0.221. The molecule has 7 nitrogen and oxygen atoms in total. The van der Waals surface area contributed by atoms with Crippen LogP contribution in [0.2, 0.25) is 0 Å². The third-order valence-corrected chi connectivity index (χ3v) is 5.71. The van der Waals surface area contributed by atoms with Crippen molar-refractivity contribution in [3.05, 3.63) is 94.7 Å². The number of piperidine rings is 1. The molecule has 0 amide bonds. The number of nitro benzene ring substituents is 1. The van der Waals surface area contributed by atoms with E-state index in [1.807, 2.05) is 36.4 Å². The maximum atomic E-state index is 13.0. The van der Waals surface area contributed by atoms with Gasteiger partial charge in [0, 0.05) is 41.9 Å². The van der Waals surface area contributed by atoms with Gasteiger partial charge in [0.2, 0.25) is 0 Å². The molecule has 1 aromatic heterocycles. The fourth-order valence-electron chi connectivity index (χ4n) is 4.02. The number of hydrogen-bond acceptors (Lipinski definition) is 6. The second kappa shape index (κ2) is 9.06. The molecule has 2 heterocycles. The van der Waals surface area contributed by atoms with E-state index in [0.717, 1.165) is 35.9 Å². The van der Waals surface area contributed by atoms with Gasteiger partial charge in [-0.15, -0.1) is 6.58 Å². The fourth-order valence-corrected chi connectivity index (χ4v) is 4.02. The molecule has 1 fully saturated rings. The molecule has 31 heavy (non-hydrogen) atoms. The first kappa shape index (κ1) is 20.7. The van der Waals surface area contributed by atoms with Gasteiger partial charge in [0.25, 0.3) is 5.69 Å². The summed E-state index contributed by atoms with van der Waals surface area (Å²) >= 11 is 0. The first-order valence-corrected chi connectivity index (χ1v) is 10.2. The molecule has 7 heteroatoms. The topological polar surface area (TPSA) is 94.4 Å². The Balaban J connectivity index is 1.69. The zero-order valence-corrected chi connectivity index (χ0v) is 16.9. The second-order valence-corrected chi connectivity index (χ2v) is 7.64. The molecule has 4 rings (SSSR count). The van der Waals surface area contributed by atoms with Gasteiger partial charge < -0.3 is 10.1 Å². The summed E-state index contributed by atoms with van der Waals surface area (Å²) in [5.41, 5.74) is 1.68. The summed E-state index contributed by atoms with van der Waals surface area (Å²) in [7, 11) is 0. The highest BCUT2D eigenvalue weighted by Gasteiger charge is 2.32. The van der Waals surface area contributed by atoms with Crippen molar-refractivity contribution >= 4 is 22.6 Å². The SMILES string of the molecule is C=CC1CCC(C(OC(=O)c2cccc([N+](=O)[O-])c2)c2ccnc3ccccc23)NC1.